The van der Waals surface area contributed by atoms with Crippen LogP contribution < -0.4 is 4.72 Å². The van der Waals surface area contributed by atoms with E-state index in [4.69, 9.17) is 4.74 Å². The van der Waals surface area contributed by atoms with Gasteiger partial charge in [-0.25, -0.2) is 13.2 Å². The molecule has 1 aromatic heterocycles. The molecule has 2 aromatic carbocycles. The molecule has 0 radical (unpaired) electrons. The number of nitrogens with one attached hydrogen (secondary N) is 1. The van der Waals surface area contributed by atoms with Gasteiger partial charge in [0.2, 0.25) is 0 Å². The lowest BCUT2D eigenvalue weighted by Gasteiger charge is -2.09. The van der Waals surface area contributed by atoms with Crippen LogP contribution in [0.4, 0.5) is 5.69 Å². The fraction of sp³-hybridized carbons (Fsp3) is 0.0526. The summed E-state index contributed by atoms with van der Waals surface area (Å²) in [6.07, 6.45) is 0. The SMILES string of the molecule is O=C(COC(=O)c1ccc(NS(=O)(=O)c2cccs2)cc1O)c1ccc(Br)cc1. The molecule has 150 valence electrons. The number of benzene rings is 2. The Balaban J connectivity index is 1.66. The Morgan fingerprint density at radius 1 is 1.10 bits per heavy atom. The zero-order valence-corrected chi connectivity index (χ0v) is 17.9. The highest BCUT2D eigenvalue weighted by atomic mass is 79.9. The number of ketones is 1. The Kier molecular flexibility index (Phi) is 6.36. The number of halogens is 1. The van der Waals surface area contributed by atoms with E-state index in [-0.39, 0.29) is 15.5 Å². The molecule has 3 rings (SSSR count). The van der Waals surface area contributed by atoms with E-state index in [1.165, 1.54) is 18.2 Å². The van der Waals surface area contributed by atoms with E-state index >= 15 is 0 Å². The number of hydrogen-bond acceptors (Lipinski definition) is 7. The monoisotopic (exact) mass is 495 g/mol. The van der Waals surface area contributed by atoms with Gasteiger partial charge < -0.3 is 9.84 Å². The van der Waals surface area contributed by atoms with Crippen LogP contribution in [0, 0.1) is 0 Å². The van der Waals surface area contributed by atoms with Crippen molar-refractivity contribution in [1.29, 1.82) is 0 Å². The van der Waals surface area contributed by atoms with Crippen molar-refractivity contribution in [2.75, 3.05) is 11.3 Å². The number of ether oxygens (including phenoxy) is 1. The number of phenols is 1. The van der Waals surface area contributed by atoms with Crippen LogP contribution in [0.3, 0.4) is 0 Å². The van der Waals surface area contributed by atoms with Crippen molar-refractivity contribution in [3.63, 3.8) is 0 Å². The van der Waals surface area contributed by atoms with Gasteiger partial charge in [-0.2, -0.15) is 0 Å². The maximum Gasteiger partial charge on any atom is 0.342 e. The third-order valence-corrected chi connectivity index (χ3v) is 7.04. The van der Waals surface area contributed by atoms with Crippen LogP contribution >= 0.6 is 27.3 Å². The van der Waals surface area contributed by atoms with Crippen LogP contribution in [-0.4, -0.2) is 31.9 Å². The van der Waals surface area contributed by atoms with Crippen molar-refractivity contribution < 1.29 is 27.9 Å². The van der Waals surface area contributed by atoms with E-state index < -0.39 is 34.1 Å². The molecule has 10 heteroatoms. The highest BCUT2D eigenvalue weighted by molar-refractivity contribution is 9.10. The van der Waals surface area contributed by atoms with Gasteiger partial charge in [0.05, 0.1) is 5.69 Å². The van der Waals surface area contributed by atoms with E-state index in [9.17, 15) is 23.1 Å². The number of carbonyl (C=O) groups is 2. The average Bonchev–Trinajstić information content (AvgIpc) is 3.22. The van der Waals surface area contributed by atoms with E-state index in [2.05, 4.69) is 20.7 Å². The van der Waals surface area contributed by atoms with Gasteiger partial charge in [-0.3, -0.25) is 9.52 Å². The number of esters is 1. The topological polar surface area (TPSA) is 110 Å². The first-order valence-electron chi connectivity index (χ1n) is 8.11. The summed E-state index contributed by atoms with van der Waals surface area (Å²) in [6.45, 7) is -0.493. The molecule has 0 amide bonds. The molecular weight excluding hydrogens is 482 g/mol. The molecule has 1 heterocycles. The molecule has 0 unspecified atom stereocenters. The maximum absolute atomic E-state index is 12.2. The second-order valence-electron chi connectivity index (χ2n) is 5.78. The maximum atomic E-state index is 12.2. The van der Waals surface area contributed by atoms with Crippen LogP contribution in [-0.2, 0) is 14.8 Å². The molecule has 0 fully saturated rings. The fourth-order valence-electron chi connectivity index (χ4n) is 2.32. The van der Waals surface area contributed by atoms with Crippen molar-refractivity contribution in [2.24, 2.45) is 0 Å². The number of thiophene rings is 1. The standard InChI is InChI=1S/C19H14BrNO6S2/c20-13-5-3-12(4-6-13)17(23)11-27-19(24)15-8-7-14(10-16(15)22)21-29(25,26)18-2-1-9-28-18/h1-10,21-22H,11H2. The molecule has 0 aliphatic heterocycles. The highest BCUT2D eigenvalue weighted by Crippen LogP contribution is 2.26. The quantitative estimate of drug-likeness (QED) is 0.377. The summed E-state index contributed by atoms with van der Waals surface area (Å²) < 4.78 is 32.6. The Morgan fingerprint density at radius 2 is 1.83 bits per heavy atom. The smallest absolute Gasteiger partial charge is 0.342 e. The van der Waals surface area contributed by atoms with Crippen molar-refractivity contribution in [3.8, 4) is 5.75 Å². The Labute approximate surface area is 179 Å². The van der Waals surface area contributed by atoms with Gasteiger partial charge >= 0.3 is 5.97 Å². The number of sulfonamides is 1. The van der Waals surface area contributed by atoms with E-state index in [0.717, 1.165) is 21.9 Å². The zero-order valence-electron chi connectivity index (χ0n) is 14.7. The molecule has 29 heavy (non-hydrogen) atoms. The molecule has 0 aliphatic rings. The van der Waals surface area contributed by atoms with E-state index in [1.54, 1.807) is 35.7 Å². The van der Waals surface area contributed by atoms with Crippen LogP contribution in [0.15, 0.2) is 68.7 Å². The van der Waals surface area contributed by atoms with E-state index in [0.29, 0.717) is 5.56 Å². The first kappa shape index (κ1) is 21.0. The number of carbonyl (C=O) groups excluding carboxylic acids is 2. The van der Waals surface area contributed by atoms with Crippen molar-refractivity contribution in [1.82, 2.24) is 0 Å². The number of rotatable bonds is 7. The Hall–Kier alpha value is -2.69. The molecule has 0 saturated heterocycles. The first-order chi connectivity index (χ1) is 13.8. The first-order valence-corrected chi connectivity index (χ1v) is 11.3. The summed E-state index contributed by atoms with van der Waals surface area (Å²) in [7, 11) is -3.78. The summed E-state index contributed by atoms with van der Waals surface area (Å²) in [6, 6.07) is 13.2. The number of Topliss-reactive ketones (excluding diaryl/α,β-unsaturated/α-hetero) is 1. The Bertz CT molecular complexity index is 1140. The number of anilines is 1. The van der Waals surface area contributed by atoms with Gasteiger partial charge in [-0.15, -0.1) is 11.3 Å². The van der Waals surface area contributed by atoms with Gasteiger partial charge in [0.25, 0.3) is 10.0 Å². The summed E-state index contributed by atoms with van der Waals surface area (Å²) in [5.74, 6) is -1.77. The largest absolute Gasteiger partial charge is 0.507 e. The molecule has 0 aliphatic carbocycles. The second kappa shape index (κ2) is 8.76. The molecule has 0 saturated carbocycles. The number of hydrogen-bond donors (Lipinski definition) is 2. The number of phenolic OH excluding ortho intramolecular Hbond substituents is 1. The lowest BCUT2D eigenvalue weighted by atomic mass is 10.1. The van der Waals surface area contributed by atoms with Gasteiger partial charge in [-0.05, 0) is 35.7 Å². The van der Waals surface area contributed by atoms with Gasteiger partial charge in [0.15, 0.2) is 12.4 Å². The second-order valence-corrected chi connectivity index (χ2v) is 9.55. The van der Waals surface area contributed by atoms with Crippen molar-refractivity contribution in [3.05, 3.63) is 75.6 Å². The highest BCUT2D eigenvalue weighted by Gasteiger charge is 2.19. The van der Waals surface area contributed by atoms with Gasteiger partial charge in [-0.1, -0.05) is 34.1 Å². The molecule has 7 nitrogen and oxygen atoms in total. The van der Waals surface area contributed by atoms with Crippen LogP contribution in [0.5, 0.6) is 5.75 Å². The summed E-state index contributed by atoms with van der Waals surface area (Å²) in [5.41, 5.74) is 0.273. The molecule has 2 N–H and O–H groups in total. The molecule has 3 aromatic rings. The fourth-order valence-corrected chi connectivity index (χ4v) is 4.62. The lowest BCUT2D eigenvalue weighted by Crippen LogP contribution is -2.15. The molecular formula is C19H14BrNO6S2. The van der Waals surface area contributed by atoms with Crippen LogP contribution in [0.2, 0.25) is 0 Å². The third-order valence-electron chi connectivity index (χ3n) is 3.73. The Morgan fingerprint density at radius 3 is 2.45 bits per heavy atom. The summed E-state index contributed by atoms with van der Waals surface area (Å²) in [4.78, 5) is 24.2. The molecule has 0 bridgehead atoms. The molecule has 0 atom stereocenters. The lowest BCUT2D eigenvalue weighted by molar-refractivity contribution is 0.0472. The number of aromatic hydroxyl groups is 1. The summed E-state index contributed by atoms with van der Waals surface area (Å²) in [5, 5.41) is 11.7. The predicted molar refractivity (Wildman–Crippen MR) is 112 cm³/mol. The van der Waals surface area contributed by atoms with Crippen LogP contribution in [0.1, 0.15) is 20.7 Å². The average molecular weight is 496 g/mol. The normalized spacial score (nSPS) is 11.1. The minimum Gasteiger partial charge on any atom is -0.507 e. The third kappa shape index (κ3) is 5.22. The summed E-state index contributed by atoms with van der Waals surface area (Å²) >= 11 is 4.31. The van der Waals surface area contributed by atoms with Gasteiger partial charge in [0.1, 0.15) is 15.5 Å². The van der Waals surface area contributed by atoms with E-state index in [1.807, 2.05) is 0 Å². The van der Waals surface area contributed by atoms with Crippen molar-refractivity contribution in [2.45, 2.75) is 4.21 Å². The van der Waals surface area contributed by atoms with Gasteiger partial charge in [0, 0.05) is 16.1 Å². The van der Waals surface area contributed by atoms with Crippen LogP contribution in [0.25, 0.3) is 0 Å². The van der Waals surface area contributed by atoms with Crippen molar-refractivity contribution >= 4 is 54.7 Å². The minimum atomic E-state index is -3.78. The minimum absolute atomic E-state index is 0.0818. The zero-order chi connectivity index (χ0) is 21.0. The molecule has 0 spiro atoms. The predicted octanol–water partition coefficient (Wildman–Crippen LogP) is 4.06.